The number of fused-ring (bicyclic) bond motifs is 2. The molecule has 0 spiro atoms. The Bertz CT molecular complexity index is 1830. The lowest BCUT2D eigenvalue weighted by Gasteiger charge is -2.30. The number of carbonyl (C=O) groups is 4. The number of anilines is 1. The molecule has 13 heteroatoms. The number of hydrogen-bond acceptors (Lipinski definition) is 9. The van der Waals surface area contributed by atoms with Crippen LogP contribution < -0.4 is 20.7 Å². The summed E-state index contributed by atoms with van der Waals surface area (Å²) in [4.78, 5) is 56.4. The van der Waals surface area contributed by atoms with E-state index in [9.17, 15) is 19.2 Å². The molecule has 2 aliphatic rings. The molecule has 13 nitrogen and oxygen atoms in total. The molecule has 1 aliphatic heterocycles. The predicted molar refractivity (Wildman–Crippen MR) is 197 cm³/mol. The second-order valence-corrected chi connectivity index (χ2v) is 15.5. The van der Waals surface area contributed by atoms with Crippen LogP contribution in [0, 0.1) is 6.92 Å². The standard InChI is InChI=1S/C39H51N5O8/c1-23-31(50-30-11-9-10-29(33(23)30)49-27-16-14-26(15-17-27)41-36(47)51-38(2,3)4)22-44(8)32(45)19-12-24-20-25-13-18-28(35(46)43-34(25)40-21-24)42-37(48)52-39(5,6)7/h9-12,19-21,26-28H,13-18,22H2,1-8H3,(H,41,47)(H,42,48)(H,40,43,46)/b19-12+/t26-,27-,28-/m0/s1. The molecule has 1 saturated carbocycles. The fourth-order valence-electron chi connectivity index (χ4n) is 6.28. The van der Waals surface area contributed by atoms with Crippen molar-refractivity contribution in [1.82, 2.24) is 20.5 Å². The van der Waals surface area contributed by atoms with Gasteiger partial charge in [0.1, 0.15) is 40.2 Å². The van der Waals surface area contributed by atoms with Gasteiger partial charge in [0.2, 0.25) is 11.8 Å². The first kappa shape index (κ1) is 38.2. The topological polar surface area (TPSA) is 161 Å². The number of aromatic nitrogens is 1. The predicted octanol–water partition coefficient (Wildman–Crippen LogP) is 6.80. The average Bonchev–Trinajstić information content (AvgIpc) is 3.27. The summed E-state index contributed by atoms with van der Waals surface area (Å²) in [5, 5.41) is 9.27. The van der Waals surface area contributed by atoms with Gasteiger partial charge >= 0.3 is 12.2 Å². The molecule has 280 valence electrons. The molecule has 5 rings (SSSR count). The molecule has 1 aromatic carbocycles. The number of carbonyl (C=O) groups excluding carboxylic acids is 4. The Kier molecular flexibility index (Phi) is 11.5. The number of hydrogen-bond donors (Lipinski definition) is 3. The molecule has 1 atom stereocenters. The molecule has 0 radical (unpaired) electrons. The smallest absolute Gasteiger partial charge is 0.408 e. The lowest BCUT2D eigenvalue weighted by atomic mass is 9.93. The summed E-state index contributed by atoms with van der Waals surface area (Å²) in [6.45, 7) is 13.0. The van der Waals surface area contributed by atoms with E-state index in [0.29, 0.717) is 35.6 Å². The van der Waals surface area contributed by atoms with Gasteiger partial charge in [-0.1, -0.05) is 6.07 Å². The number of aryl methyl sites for hydroxylation is 2. The highest BCUT2D eigenvalue weighted by atomic mass is 16.6. The number of benzene rings is 1. The third kappa shape index (κ3) is 10.3. The molecule has 4 amide bonds. The van der Waals surface area contributed by atoms with Crippen molar-refractivity contribution in [1.29, 1.82) is 0 Å². The van der Waals surface area contributed by atoms with Gasteiger partial charge in [-0.15, -0.1) is 0 Å². The third-order valence-electron chi connectivity index (χ3n) is 8.82. The lowest BCUT2D eigenvalue weighted by Crippen LogP contribution is -2.45. The van der Waals surface area contributed by atoms with Gasteiger partial charge in [0.25, 0.3) is 0 Å². The summed E-state index contributed by atoms with van der Waals surface area (Å²) in [6, 6.07) is 6.89. The Morgan fingerprint density at radius 1 is 1.00 bits per heavy atom. The van der Waals surface area contributed by atoms with Gasteiger partial charge in [-0.3, -0.25) is 9.59 Å². The molecule has 52 heavy (non-hydrogen) atoms. The van der Waals surface area contributed by atoms with Crippen LogP contribution in [0.15, 0.2) is 41.0 Å². The van der Waals surface area contributed by atoms with Crippen LogP contribution in [0.5, 0.6) is 5.75 Å². The molecule has 0 bridgehead atoms. The van der Waals surface area contributed by atoms with Gasteiger partial charge in [-0.05, 0) is 122 Å². The molecule has 3 N–H and O–H groups in total. The van der Waals surface area contributed by atoms with E-state index >= 15 is 0 Å². The maximum absolute atomic E-state index is 13.2. The first-order valence-corrected chi connectivity index (χ1v) is 17.8. The Hall–Kier alpha value is -5.07. The Balaban J connectivity index is 1.17. The molecule has 2 aromatic heterocycles. The third-order valence-corrected chi connectivity index (χ3v) is 8.82. The zero-order chi connectivity index (χ0) is 37.8. The van der Waals surface area contributed by atoms with Crippen LogP contribution in [0.2, 0.25) is 0 Å². The summed E-state index contributed by atoms with van der Waals surface area (Å²) in [6.07, 6.45) is 7.73. The number of amides is 4. The van der Waals surface area contributed by atoms with Gasteiger partial charge in [0, 0.05) is 30.9 Å². The first-order chi connectivity index (χ1) is 24.4. The molecule has 3 aromatic rings. The van der Waals surface area contributed by atoms with Crippen LogP contribution in [0.1, 0.15) is 96.1 Å². The maximum atomic E-state index is 13.2. The summed E-state index contributed by atoms with van der Waals surface area (Å²) < 4.78 is 23.4. The monoisotopic (exact) mass is 717 g/mol. The number of nitrogens with one attached hydrogen (secondary N) is 3. The molecule has 0 saturated heterocycles. The van der Waals surface area contributed by atoms with Crippen molar-refractivity contribution in [2.24, 2.45) is 0 Å². The molecular weight excluding hydrogens is 666 g/mol. The average molecular weight is 718 g/mol. The summed E-state index contributed by atoms with van der Waals surface area (Å²) >= 11 is 0. The minimum absolute atomic E-state index is 0.00323. The van der Waals surface area contributed by atoms with E-state index in [4.69, 9.17) is 18.6 Å². The van der Waals surface area contributed by atoms with Crippen molar-refractivity contribution in [2.75, 3.05) is 12.4 Å². The van der Waals surface area contributed by atoms with Crippen LogP contribution in [-0.4, -0.2) is 70.3 Å². The Morgan fingerprint density at radius 2 is 1.67 bits per heavy atom. The van der Waals surface area contributed by atoms with Crippen molar-refractivity contribution in [3.63, 3.8) is 0 Å². The zero-order valence-corrected chi connectivity index (χ0v) is 31.4. The summed E-state index contributed by atoms with van der Waals surface area (Å²) in [7, 11) is 1.71. The van der Waals surface area contributed by atoms with Crippen molar-refractivity contribution in [2.45, 2.75) is 123 Å². The maximum Gasteiger partial charge on any atom is 0.408 e. The normalized spacial score (nSPS) is 19.3. The van der Waals surface area contributed by atoms with Crippen LogP contribution in [-0.2, 0) is 32.0 Å². The molecule has 3 heterocycles. The highest BCUT2D eigenvalue weighted by molar-refractivity contribution is 5.97. The highest BCUT2D eigenvalue weighted by Gasteiger charge is 2.29. The SMILES string of the molecule is Cc1c(CN(C)C(=O)/C=C/c2cnc3c(c2)CC[C@H](NC(=O)OC(C)(C)C)C(=O)N3)oc2cccc(O[C@H]3CC[C@H](NC(=O)OC(C)(C)C)CC3)c12. The van der Waals surface area contributed by atoms with Crippen molar-refractivity contribution in [3.8, 4) is 5.75 Å². The van der Waals surface area contributed by atoms with Gasteiger partial charge in [-0.2, -0.15) is 0 Å². The van der Waals surface area contributed by atoms with E-state index in [1.807, 2.05) is 52.0 Å². The van der Waals surface area contributed by atoms with Crippen molar-refractivity contribution < 1.29 is 37.8 Å². The Labute approximate surface area is 304 Å². The highest BCUT2D eigenvalue weighted by Crippen LogP contribution is 2.36. The van der Waals surface area contributed by atoms with Gasteiger partial charge in [-0.25, -0.2) is 14.6 Å². The van der Waals surface area contributed by atoms with E-state index in [1.165, 1.54) is 6.08 Å². The largest absolute Gasteiger partial charge is 0.490 e. The van der Waals surface area contributed by atoms with E-state index in [2.05, 4.69) is 20.9 Å². The first-order valence-electron chi connectivity index (χ1n) is 17.8. The molecule has 1 fully saturated rings. The van der Waals surface area contributed by atoms with Crippen LogP contribution in [0.4, 0.5) is 15.4 Å². The Morgan fingerprint density at radius 3 is 2.35 bits per heavy atom. The second-order valence-electron chi connectivity index (χ2n) is 15.5. The minimum Gasteiger partial charge on any atom is -0.490 e. The number of alkyl carbamates (subject to hydrolysis) is 2. The van der Waals surface area contributed by atoms with Gasteiger partial charge in [0.05, 0.1) is 18.0 Å². The fraction of sp³-hybridized carbons (Fsp3) is 0.513. The summed E-state index contributed by atoms with van der Waals surface area (Å²) in [5.41, 5.74) is 1.87. The minimum atomic E-state index is -0.766. The zero-order valence-electron chi connectivity index (χ0n) is 31.4. The van der Waals surface area contributed by atoms with E-state index in [-0.39, 0.29) is 30.5 Å². The van der Waals surface area contributed by atoms with Crippen molar-refractivity contribution >= 4 is 46.9 Å². The number of rotatable bonds is 8. The number of likely N-dealkylation sites (N-methyl/N-ethyl adjacent to an activating group) is 1. The van der Waals surface area contributed by atoms with E-state index in [0.717, 1.165) is 47.9 Å². The summed E-state index contributed by atoms with van der Waals surface area (Å²) in [5.74, 6) is 1.23. The quantitative estimate of drug-likeness (QED) is 0.213. The lowest BCUT2D eigenvalue weighted by molar-refractivity contribution is -0.125. The molecular formula is C39H51N5O8. The number of ether oxygens (including phenoxy) is 3. The van der Waals surface area contributed by atoms with E-state index < -0.39 is 29.4 Å². The number of furan rings is 1. The van der Waals surface area contributed by atoms with E-state index in [1.54, 1.807) is 45.0 Å². The molecule has 1 aliphatic carbocycles. The molecule has 0 unspecified atom stereocenters. The second kappa shape index (κ2) is 15.7. The van der Waals surface area contributed by atoms with Crippen LogP contribution in [0.25, 0.3) is 17.0 Å². The van der Waals surface area contributed by atoms with Gasteiger partial charge < -0.3 is 39.5 Å². The fourth-order valence-corrected chi connectivity index (χ4v) is 6.28. The number of pyridine rings is 1. The van der Waals surface area contributed by atoms with Crippen LogP contribution in [0.3, 0.4) is 0 Å². The van der Waals surface area contributed by atoms with Crippen LogP contribution >= 0.6 is 0 Å². The number of nitrogens with zero attached hydrogens (tertiary/aromatic N) is 2. The van der Waals surface area contributed by atoms with Crippen molar-refractivity contribution in [3.05, 3.63) is 59.0 Å². The van der Waals surface area contributed by atoms with Gasteiger partial charge in [0.15, 0.2) is 0 Å².